The van der Waals surface area contributed by atoms with Crippen LogP contribution in [0.3, 0.4) is 0 Å². The normalized spacial score (nSPS) is 34.9. The van der Waals surface area contributed by atoms with E-state index >= 15 is 0 Å². The molecule has 4 fully saturated rings. The highest BCUT2D eigenvalue weighted by Crippen LogP contribution is 2.49. The van der Waals surface area contributed by atoms with Crippen LogP contribution in [0.4, 0.5) is 0 Å². The maximum absolute atomic E-state index is 13.3. The van der Waals surface area contributed by atoms with E-state index in [2.05, 4.69) is 0 Å². The highest BCUT2D eigenvalue weighted by molar-refractivity contribution is 5.96. The Morgan fingerprint density at radius 3 is 2.41 bits per heavy atom. The molecule has 1 aromatic carbocycles. The Morgan fingerprint density at radius 2 is 1.69 bits per heavy atom. The van der Waals surface area contributed by atoms with Gasteiger partial charge in [-0.1, -0.05) is 0 Å². The van der Waals surface area contributed by atoms with Gasteiger partial charge < -0.3 is 30.7 Å². The molecule has 1 aromatic rings. The molecule has 5 aliphatic rings. The Kier molecular flexibility index (Phi) is 4.40. The summed E-state index contributed by atoms with van der Waals surface area (Å²) in [5, 5.41) is 0. The molecular formula is C23H28N4O5. The zero-order chi connectivity index (χ0) is 22.1. The highest BCUT2D eigenvalue weighted by atomic mass is 16.7. The number of benzene rings is 1. The molecular weight excluding hydrogens is 412 g/mol. The van der Waals surface area contributed by atoms with Crippen LogP contribution in [0, 0.1) is 11.8 Å². The molecule has 3 saturated heterocycles. The first-order chi connectivity index (χ1) is 15.4. The van der Waals surface area contributed by atoms with Gasteiger partial charge in [-0.05, 0) is 68.6 Å². The number of ether oxygens (including phenoxy) is 2. The van der Waals surface area contributed by atoms with Crippen molar-refractivity contribution in [2.75, 3.05) is 6.79 Å². The van der Waals surface area contributed by atoms with Gasteiger partial charge in [-0.3, -0.25) is 14.4 Å². The molecule has 3 amide bonds. The molecule has 4 aliphatic heterocycles. The molecule has 9 heteroatoms. The predicted molar refractivity (Wildman–Crippen MR) is 113 cm³/mol. The maximum Gasteiger partial charge on any atom is 0.254 e. The third-order valence-electron chi connectivity index (χ3n) is 8.10. The highest BCUT2D eigenvalue weighted by Gasteiger charge is 2.57. The number of amides is 3. The lowest BCUT2D eigenvalue weighted by Gasteiger charge is -2.41. The number of piperidine rings is 2. The molecule has 9 nitrogen and oxygen atoms in total. The number of rotatable bonds is 4. The second-order valence-electron chi connectivity index (χ2n) is 9.89. The average molecular weight is 441 g/mol. The predicted octanol–water partition coefficient (Wildman–Crippen LogP) is 0.601. The summed E-state index contributed by atoms with van der Waals surface area (Å²) in [4.78, 5) is 42.1. The number of carbonyl (C=O) groups excluding carboxylic acids is 3. The number of carbonyl (C=O) groups is 3. The summed E-state index contributed by atoms with van der Waals surface area (Å²) in [6.07, 6.45) is 4.82. The molecule has 2 unspecified atom stereocenters. The summed E-state index contributed by atoms with van der Waals surface area (Å²) in [5.41, 5.74) is 12.6. The fraction of sp³-hybridized carbons (Fsp3) is 0.609. The van der Waals surface area contributed by atoms with Crippen LogP contribution in [0.5, 0.6) is 11.5 Å². The number of hydrogen-bond donors (Lipinski definition) is 2. The quantitative estimate of drug-likeness (QED) is 0.706. The van der Waals surface area contributed by atoms with Crippen LogP contribution in [0.2, 0.25) is 0 Å². The lowest BCUT2D eigenvalue weighted by atomic mass is 9.84. The van der Waals surface area contributed by atoms with Gasteiger partial charge in [-0.25, -0.2) is 0 Å². The average Bonchev–Trinajstić information content (AvgIpc) is 3.10. The second kappa shape index (κ2) is 7.10. The topological polar surface area (TPSA) is 128 Å². The minimum atomic E-state index is -0.665. The summed E-state index contributed by atoms with van der Waals surface area (Å²) in [6.45, 7) is 0.171. The van der Waals surface area contributed by atoms with E-state index in [1.807, 2.05) is 4.90 Å². The summed E-state index contributed by atoms with van der Waals surface area (Å²) in [5.74, 6) is 1.03. The summed E-state index contributed by atoms with van der Waals surface area (Å²) >= 11 is 0. The van der Waals surface area contributed by atoms with E-state index in [4.69, 9.17) is 20.9 Å². The first kappa shape index (κ1) is 19.8. The van der Waals surface area contributed by atoms with Crippen LogP contribution < -0.4 is 20.9 Å². The van der Waals surface area contributed by atoms with Crippen molar-refractivity contribution < 1.29 is 23.9 Å². The van der Waals surface area contributed by atoms with Gasteiger partial charge in [0.25, 0.3) is 5.91 Å². The molecule has 6 atom stereocenters. The Morgan fingerprint density at radius 1 is 0.969 bits per heavy atom. The van der Waals surface area contributed by atoms with Crippen LogP contribution >= 0.6 is 0 Å². The first-order valence-corrected chi connectivity index (χ1v) is 11.5. The van der Waals surface area contributed by atoms with Crippen LogP contribution in [0.15, 0.2) is 18.2 Å². The number of hydrogen-bond acceptors (Lipinski definition) is 6. The summed E-state index contributed by atoms with van der Waals surface area (Å²) < 4.78 is 10.8. The van der Waals surface area contributed by atoms with E-state index in [1.54, 1.807) is 23.1 Å². The van der Waals surface area contributed by atoms with E-state index in [0.717, 1.165) is 19.3 Å². The third-order valence-corrected chi connectivity index (χ3v) is 8.10. The molecule has 4 N–H and O–H groups in total. The minimum Gasteiger partial charge on any atom is -0.454 e. The molecule has 170 valence electrons. The van der Waals surface area contributed by atoms with Crippen LogP contribution in [-0.2, 0) is 9.59 Å². The second-order valence-corrected chi connectivity index (χ2v) is 9.89. The molecule has 0 spiro atoms. The number of nitrogens with zero attached hydrogens (tertiary/aromatic N) is 2. The van der Waals surface area contributed by atoms with Gasteiger partial charge in [0.2, 0.25) is 18.6 Å². The van der Waals surface area contributed by atoms with Crippen LogP contribution in [0.25, 0.3) is 0 Å². The van der Waals surface area contributed by atoms with Gasteiger partial charge in [0.15, 0.2) is 11.5 Å². The van der Waals surface area contributed by atoms with Gasteiger partial charge in [0.05, 0.1) is 6.04 Å². The number of likely N-dealkylation sites (tertiary alicyclic amines) is 1. The molecule has 0 aromatic heterocycles. The lowest BCUT2D eigenvalue weighted by molar-refractivity contribution is -0.141. The summed E-state index contributed by atoms with van der Waals surface area (Å²) in [6, 6.07) is 4.35. The molecule has 0 radical (unpaired) electrons. The van der Waals surface area contributed by atoms with Gasteiger partial charge in [0.1, 0.15) is 6.04 Å². The Labute approximate surface area is 186 Å². The fourth-order valence-electron chi connectivity index (χ4n) is 6.42. The van der Waals surface area contributed by atoms with Crippen LogP contribution in [0.1, 0.15) is 48.9 Å². The molecule has 2 bridgehead atoms. The van der Waals surface area contributed by atoms with Crippen molar-refractivity contribution in [1.82, 2.24) is 9.80 Å². The van der Waals surface area contributed by atoms with Crippen molar-refractivity contribution in [1.29, 1.82) is 0 Å². The zero-order valence-electron chi connectivity index (χ0n) is 17.8. The SMILES string of the molecule is NC(=O)[C@@H]1C[C@@H]2C[C@@H]2N1C(=O)[C@@H](N)C1CC2CCC(C1)N2C(=O)c1ccc2c(c1)OCO2. The van der Waals surface area contributed by atoms with E-state index in [9.17, 15) is 14.4 Å². The van der Waals surface area contributed by atoms with Crippen molar-refractivity contribution in [3.05, 3.63) is 23.8 Å². The molecule has 32 heavy (non-hydrogen) atoms. The Hall–Kier alpha value is -2.81. The lowest BCUT2D eigenvalue weighted by Crippen LogP contribution is -2.57. The van der Waals surface area contributed by atoms with E-state index in [-0.39, 0.29) is 42.7 Å². The van der Waals surface area contributed by atoms with Crippen LogP contribution in [-0.4, -0.2) is 64.5 Å². The molecule has 1 aliphatic carbocycles. The molecule has 6 rings (SSSR count). The monoisotopic (exact) mass is 440 g/mol. The Bertz CT molecular complexity index is 985. The van der Waals surface area contributed by atoms with E-state index in [0.29, 0.717) is 42.2 Å². The minimum absolute atomic E-state index is 0.00729. The maximum atomic E-state index is 13.3. The number of primary amides is 1. The smallest absolute Gasteiger partial charge is 0.254 e. The van der Waals surface area contributed by atoms with Crippen molar-refractivity contribution in [2.45, 2.75) is 68.7 Å². The molecule has 1 saturated carbocycles. The van der Waals surface area contributed by atoms with Crippen molar-refractivity contribution in [3.63, 3.8) is 0 Å². The largest absolute Gasteiger partial charge is 0.454 e. The number of nitrogens with two attached hydrogens (primary N) is 2. The van der Waals surface area contributed by atoms with E-state index < -0.39 is 18.0 Å². The third kappa shape index (κ3) is 2.97. The fourth-order valence-corrected chi connectivity index (χ4v) is 6.42. The van der Waals surface area contributed by atoms with Gasteiger partial charge in [-0.15, -0.1) is 0 Å². The van der Waals surface area contributed by atoms with Gasteiger partial charge in [0, 0.05) is 23.7 Å². The standard InChI is InChI=1S/C23H28N4O5/c24-20(23(30)27-16-7-12(16)8-17(27)21(25)28)13-5-14-2-3-15(6-13)26(14)22(29)11-1-4-18-19(9-11)32-10-31-18/h1,4,9,12-17,20H,2-3,5-8,10,24H2,(H2,25,28)/t12-,13?,14?,15?,16-,17-,20-/m0/s1. The number of fused-ring (bicyclic) bond motifs is 4. The molecule has 4 heterocycles. The summed E-state index contributed by atoms with van der Waals surface area (Å²) in [7, 11) is 0. The first-order valence-electron chi connectivity index (χ1n) is 11.5. The zero-order valence-corrected chi connectivity index (χ0v) is 17.8. The van der Waals surface area contributed by atoms with Crippen molar-refractivity contribution >= 4 is 17.7 Å². The van der Waals surface area contributed by atoms with Crippen molar-refractivity contribution in [2.24, 2.45) is 23.3 Å². The Balaban J connectivity index is 1.16. The van der Waals surface area contributed by atoms with Gasteiger partial charge in [-0.2, -0.15) is 0 Å². The van der Waals surface area contributed by atoms with E-state index in [1.165, 1.54) is 0 Å². The van der Waals surface area contributed by atoms with Crippen molar-refractivity contribution in [3.8, 4) is 11.5 Å². The van der Waals surface area contributed by atoms with Gasteiger partial charge >= 0.3 is 0 Å².